The minimum Gasteiger partial charge on any atom is -0.508 e. The zero-order valence-corrected chi connectivity index (χ0v) is 72.3. The lowest BCUT2D eigenvalue weighted by Gasteiger charge is -2.31. The third kappa shape index (κ3) is 31.6. The number of nitrogens with two attached hydrogens (primary N) is 2. The number of aromatic amines is 2. The van der Waals surface area contributed by atoms with E-state index in [1.165, 1.54) is 54.8 Å². The van der Waals surface area contributed by atoms with Gasteiger partial charge in [0, 0.05) is 80.0 Å². The van der Waals surface area contributed by atoms with Crippen molar-refractivity contribution >= 4 is 134 Å². The van der Waals surface area contributed by atoms with Crippen LogP contribution in [0.2, 0.25) is 0 Å². The molecular weight excluding hydrogens is 1640 g/mol. The molecule has 41 nitrogen and oxygen atoms in total. The van der Waals surface area contributed by atoms with Crippen molar-refractivity contribution in [1.29, 1.82) is 10.8 Å². The number of phenols is 1. The van der Waals surface area contributed by atoms with Crippen LogP contribution in [0, 0.1) is 28.6 Å². The Bertz CT molecular complexity index is 4600. The smallest absolute Gasteiger partial charge is 0.326 e. The Morgan fingerprint density at radius 3 is 1.40 bits per heavy atom. The number of likely N-dealkylation sites (tertiary alicyclic amines) is 1. The van der Waals surface area contributed by atoms with Crippen molar-refractivity contribution in [3.05, 3.63) is 102 Å². The van der Waals surface area contributed by atoms with E-state index < -0.39 is 204 Å². The molecule has 1 aliphatic rings. The molecule has 125 heavy (non-hydrogen) atoms. The van der Waals surface area contributed by atoms with Crippen molar-refractivity contribution in [3.8, 4) is 5.75 Å². The molecule has 6 rings (SSSR count). The number of hydrogen-bond donors (Lipinski definition) is 25. The molecular formula is C83H121N21O20S. The van der Waals surface area contributed by atoms with E-state index in [1.807, 2.05) is 13.8 Å². The second-order valence-corrected chi connectivity index (χ2v) is 32.7. The van der Waals surface area contributed by atoms with Crippen LogP contribution in [0.1, 0.15) is 136 Å². The van der Waals surface area contributed by atoms with Crippen molar-refractivity contribution in [1.82, 2.24) is 89.3 Å². The van der Waals surface area contributed by atoms with Crippen molar-refractivity contribution in [2.45, 2.75) is 224 Å². The molecule has 13 amide bonds. The van der Waals surface area contributed by atoms with Gasteiger partial charge in [0.2, 0.25) is 76.8 Å². The molecule has 42 heteroatoms. The van der Waals surface area contributed by atoms with E-state index in [1.54, 1.807) is 88.0 Å². The number of rotatable bonds is 51. The summed E-state index contributed by atoms with van der Waals surface area (Å²) in [6.45, 7) is 11.4. The predicted octanol–water partition coefficient (Wildman–Crippen LogP) is -1.83. The Labute approximate surface area is 727 Å². The Hall–Kier alpha value is -12.6. The first-order chi connectivity index (χ1) is 59.2. The normalized spacial score (nSPS) is 15.9. The summed E-state index contributed by atoms with van der Waals surface area (Å²) in [5.41, 5.74) is 13.8. The summed E-state index contributed by atoms with van der Waals surface area (Å²) in [5.74, 6) is -17.9. The van der Waals surface area contributed by atoms with Gasteiger partial charge in [-0.25, -0.2) is 4.79 Å². The van der Waals surface area contributed by atoms with Gasteiger partial charge in [0.25, 0.3) is 0 Å². The zero-order chi connectivity index (χ0) is 92.5. The third-order valence-corrected chi connectivity index (χ3v) is 21.7. The number of aromatic hydroxyl groups is 1. The standard InChI is InChI=1S/C83H121N21O20S/c1-10-44(6)67(102-76(118)62(38-65(109)110)99-79(121)68(45(7)106)103-75(117)59(35-47-25-27-50(108)28-26-47)96-74(116)61(37-49-40-91-54-21-14-12-19-52(49)54)97-72(114)58(34-42(2)3)92-46(8)107)78(120)95-55(22-15-30-88-82(84)85)69(111)94-57(29-33-125-9)70(112)100-63(41-105)77(119)98-60(36-48-39-90-53-20-13-11-18-51(48)53)73(115)93-56(23-16-31-89-83(86)87)71(113)101-66(43(4)5)80(122)104-32-17-24-64(104)81(123)124/h11-14,18-21,25-28,39-40,42-45,55-64,66-68,90-91,105-106,108H,10,15-17,22-24,29-38,41H2,1-9H3,(H,92,107)(H,93,115)(H,94,111)(H,95,120)(H,96,116)(H,97,114)(H,98,119)(H,99,121)(H,100,112)(H,101,113)(H,102,118)(H,103,117)(H,109,110)(H,123,124)(H4,84,85,88)(H4,86,87,89)/t44-,45-,55-,56-,57-,58-,59-,60-,61-,62-,63-,64-,66-,67-,68-/m0/s1. The van der Waals surface area contributed by atoms with Gasteiger partial charge in [-0.05, 0) is 129 Å². The number of fused-ring (bicyclic) bond motifs is 2. The zero-order valence-electron chi connectivity index (χ0n) is 71.5. The van der Waals surface area contributed by atoms with Crippen LogP contribution in [0.4, 0.5) is 0 Å². The summed E-state index contributed by atoms with van der Waals surface area (Å²) >= 11 is 1.24. The molecule has 3 heterocycles. The molecule has 0 radical (unpaired) electrons. The topological polar surface area (TPSA) is 660 Å². The fraction of sp³-hybridized carbons (Fsp3) is 0.530. The SMILES string of the molecule is CC[C@H](C)[C@H](NC(=O)[C@H](CC(=O)O)NC(=O)[C@@H](NC(=O)[C@H](Cc1ccc(O)cc1)NC(=O)[C@H](Cc1c[nH]c2ccccc12)NC(=O)[C@H](CC(C)C)NC(C)=O)[C@H](C)O)C(=O)N[C@@H](CCCNC(=N)N)C(=O)N[C@@H](CCSC)C(=O)N[C@@H](CO)C(=O)N[C@@H](Cc1c[nH]c2ccccc12)C(=O)N[C@@H](CCCNC(=N)N)C(=O)N[C@H](C(=O)N1CCC[C@H]1C(=O)O)C(C)C. The van der Waals surface area contributed by atoms with Crippen LogP contribution in [-0.2, 0) is 91.2 Å². The third-order valence-electron chi connectivity index (χ3n) is 21.1. The molecule has 1 saturated heterocycles. The van der Waals surface area contributed by atoms with Crippen LogP contribution in [0.15, 0.2) is 85.2 Å². The van der Waals surface area contributed by atoms with Crippen LogP contribution in [0.3, 0.4) is 0 Å². The van der Waals surface area contributed by atoms with Crippen molar-refractivity contribution in [3.63, 3.8) is 0 Å². The van der Waals surface area contributed by atoms with Crippen LogP contribution in [-0.4, -0.2) is 264 Å². The highest BCUT2D eigenvalue weighted by molar-refractivity contribution is 7.98. The lowest BCUT2D eigenvalue weighted by molar-refractivity contribution is -0.150. The highest BCUT2D eigenvalue weighted by Gasteiger charge is 2.43. The molecule has 5 aromatic rings. The maximum Gasteiger partial charge on any atom is 0.326 e. The monoisotopic (exact) mass is 1760 g/mol. The second kappa shape index (κ2) is 49.6. The first-order valence-electron chi connectivity index (χ1n) is 41.4. The van der Waals surface area contributed by atoms with Gasteiger partial charge in [-0.2, -0.15) is 11.8 Å². The number of phenolic OH excluding ortho intramolecular Hbond substituents is 1. The lowest BCUT2D eigenvalue weighted by atomic mass is 9.96. The summed E-state index contributed by atoms with van der Waals surface area (Å²) in [5, 5.41) is 105. The van der Waals surface area contributed by atoms with Gasteiger partial charge < -0.3 is 126 Å². The number of hydrogen-bond acceptors (Lipinski definition) is 21. The fourth-order valence-electron chi connectivity index (χ4n) is 14.2. The Morgan fingerprint density at radius 1 is 0.520 bits per heavy atom. The molecule has 684 valence electrons. The summed E-state index contributed by atoms with van der Waals surface area (Å²) < 4.78 is 0. The average Bonchev–Trinajstić information content (AvgIpc) is 1.75. The summed E-state index contributed by atoms with van der Waals surface area (Å²) in [4.78, 5) is 220. The van der Waals surface area contributed by atoms with Crippen molar-refractivity contribution in [2.24, 2.45) is 29.2 Å². The number of thioether (sulfide) groups is 1. The van der Waals surface area contributed by atoms with Gasteiger partial charge in [0.05, 0.1) is 19.1 Å². The van der Waals surface area contributed by atoms with Gasteiger partial charge in [0.15, 0.2) is 11.9 Å². The number of nitrogens with one attached hydrogen (secondary N) is 18. The molecule has 1 fully saturated rings. The molecule has 0 aliphatic carbocycles. The number of benzene rings is 3. The number of aliphatic hydroxyl groups is 2. The number of aliphatic carboxylic acids is 2. The molecule has 2 aromatic heterocycles. The van der Waals surface area contributed by atoms with Gasteiger partial charge in [-0.1, -0.05) is 96.5 Å². The van der Waals surface area contributed by atoms with Crippen LogP contribution in [0.25, 0.3) is 21.8 Å². The van der Waals surface area contributed by atoms with Crippen LogP contribution >= 0.6 is 11.8 Å². The predicted molar refractivity (Wildman–Crippen MR) is 463 cm³/mol. The van der Waals surface area contributed by atoms with E-state index in [-0.39, 0.29) is 114 Å². The number of guanidine groups is 2. The number of carboxylic acid groups (broad SMARTS) is 2. The number of para-hydroxylation sites is 2. The molecule has 27 N–H and O–H groups in total. The molecule has 0 saturated carbocycles. The van der Waals surface area contributed by atoms with Crippen molar-refractivity contribution in [2.75, 3.05) is 38.2 Å². The summed E-state index contributed by atoms with van der Waals surface area (Å²) in [6, 6.07) is -0.855. The Kier molecular flexibility index (Phi) is 40.2. The van der Waals surface area contributed by atoms with Crippen molar-refractivity contribution < 1.29 is 97.5 Å². The number of carboxylic acids is 2. The largest absolute Gasteiger partial charge is 0.508 e. The molecule has 0 spiro atoms. The van der Waals surface area contributed by atoms with E-state index in [0.29, 0.717) is 44.9 Å². The quantitative estimate of drug-likeness (QED) is 0.0116. The first kappa shape index (κ1) is 101. The van der Waals surface area contributed by atoms with Gasteiger partial charge in [0.1, 0.15) is 84.3 Å². The number of amides is 13. The average molecular weight is 1770 g/mol. The van der Waals surface area contributed by atoms with Gasteiger partial charge in [-0.3, -0.25) is 77.9 Å². The van der Waals surface area contributed by atoms with E-state index >= 15 is 0 Å². The molecule has 15 atom stereocenters. The highest BCUT2D eigenvalue weighted by atomic mass is 32.2. The second-order valence-electron chi connectivity index (χ2n) is 31.8. The highest BCUT2D eigenvalue weighted by Crippen LogP contribution is 2.25. The fourth-order valence-corrected chi connectivity index (χ4v) is 14.6. The number of nitrogens with zero attached hydrogens (tertiary/aromatic N) is 1. The molecule has 0 bridgehead atoms. The number of H-pyrrole nitrogens is 2. The number of aromatic nitrogens is 2. The minimum atomic E-state index is -2.08. The number of carbonyl (C=O) groups excluding carboxylic acids is 13. The molecule has 0 unspecified atom stereocenters. The summed E-state index contributed by atoms with van der Waals surface area (Å²) in [7, 11) is 0. The van der Waals surface area contributed by atoms with E-state index in [4.69, 9.17) is 22.3 Å². The minimum absolute atomic E-state index is 0.00338. The number of carbonyl (C=O) groups is 15. The molecule has 3 aromatic carbocycles. The number of aliphatic hydroxyl groups excluding tert-OH is 2. The lowest BCUT2D eigenvalue weighted by Crippen LogP contribution is -2.63. The van der Waals surface area contributed by atoms with E-state index in [9.17, 15) is 97.5 Å². The van der Waals surface area contributed by atoms with Crippen LogP contribution in [0.5, 0.6) is 5.75 Å². The maximum absolute atomic E-state index is 14.9. The van der Waals surface area contributed by atoms with Gasteiger partial charge >= 0.3 is 11.9 Å². The molecule has 1 aliphatic heterocycles. The Morgan fingerprint density at radius 2 is 0.936 bits per heavy atom. The van der Waals surface area contributed by atoms with Gasteiger partial charge in [-0.15, -0.1) is 0 Å². The first-order valence-corrected chi connectivity index (χ1v) is 42.8. The van der Waals surface area contributed by atoms with E-state index in [0.717, 1.165) is 6.92 Å². The van der Waals surface area contributed by atoms with Crippen LogP contribution < -0.4 is 85.9 Å². The Balaban J connectivity index is 1.23. The van der Waals surface area contributed by atoms with E-state index in [2.05, 4.69) is 84.4 Å². The summed E-state index contributed by atoms with van der Waals surface area (Å²) in [6.07, 6.45) is 1.56. The maximum atomic E-state index is 14.9.